The summed E-state index contributed by atoms with van der Waals surface area (Å²) in [7, 11) is 0. The minimum absolute atomic E-state index is 0.750. The number of hydrogen-bond acceptors (Lipinski definition) is 2. The summed E-state index contributed by atoms with van der Waals surface area (Å²) in [6.45, 7) is 7.22. The van der Waals surface area contributed by atoms with E-state index >= 15 is 0 Å². The molecule has 0 radical (unpaired) electrons. The van der Waals surface area contributed by atoms with E-state index in [1.165, 1.54) is 0 Å². The Bertz CT molecular complexity index is 150. The zero-order valence-electron chi connectivity index (χ0n) is 5.89. The highest BCUT2D eigenvalue weighted by Crippen LogP contribution is 1.85. The van der Waals surface area contributed by atoms with Crippen LogP contribution in [0.15, 0.2) is 29.0 Å². The van der Waals surface area contributed by atoms with Gasteiger partial charge < -0.3 is 5.73 Å². The van der Waals surface area contributed by atoms with Gasteiger partial charge in [-0.05, 0) is 19.9 Å². The fraction of sp³-hybridized carbons (Fsp3) is 0.286. The zero-order chi connectivity index (χ0) is 7.28. The first-order chi connectivity index (χ1) is 4.13. The molecule has 0 aromatic rings. The second-order valence-electron chi connectivity index (χ2n) is 1.92. The van der Waals surface area contributed by atoms with Crippen LogP contribution in [0.3, 0.4) is 0 Å². The highest BCUT2D eigenvalue weighted by molar-refractivity contribution is 5.72. The Morgan fingerprint density at radius 3 is 2.44 bits per heavy atom. The summed E-state index contributed by atoms with van der Waals surface area (Å²) < 4.78 is 0. The molecule has 0 aliphatic carbocycles. The summed E-state index contributed by atoms with van der Waals surface area (Å²) in [5.41, 5.74) is 6.85. The lowest BCUT2D eigenvalue weighted by molar-refractivity contribution is 1.31. The van der Waals surface area contributed by atoms with E-state index in [1.807, 2.05) is 13.8 Å². The van der Waals surface area contributed by atoms with Gasteiger partial charge in [-0.2, -0.15) is 0 Å². The van der Waals surface area contributed by atoms with E-state index in [0.717, 1.165) is 11.4 Å². The van der Waals surface area contributed by atoms with Crippen molar-refractivity contribution in [3.8, 4) is 0 Å². The molecular formula is C7H12N2. The molecule has 0 aliphatic rings. The smallest absolute Gasteiger partial charge is 0.0300 e. The third-order valence-corrected chi connectivity index (χ3v) is 0.632. The van der Waals surface area contributed by atoms with Gasteiger partial charge in [-0.15, -0.1) is 0 Å². The second-order valence-corrected chi connectivity index (χ2v) is 1.92. The molecule has 0 saturated carbocycles. The summed E-state index contributed by atoms with van der Waals surface area (Å²) in [5, 5.41) is 0. The molecule has 0 aliphatic heterocycles. The minimum atomic E-state index is 0.750. The minimum Gasteiger partial charge on any atom is -0.402 e. The van der Waals surface area contributed by atoms with Gasteiger partial charge in [-0.1, -0.05) is 6.58 Å². The molecule has 0 rings (SSSR count). The van der Waals surface area contributed by atoms with Gasteiger partial charge in [0.1, 0.15) is 0 Å². The van der Waals surface area contributed by atoms with Crippen LogP contribution in [0, 0.1) is 0 Å². The Labute approximate surface area is 55.8 Å². The Morgan fingerprint density at radius 2 is 2.11 bits per heavy atom. The van der Waals surface area contributed by atoms with Crippen molar-refractivity contribution in [1.29, 1.82) is 0 Å². The van der Waals surface area contributed by atoms with E-state index in [2.05, 4.69) is 11.6 Å². The largest absolute Gasteiger partial charge is 0.402 e. The average Bonchev–Trinajstić information content (AvgIpc) is 1.63. The van der Waals surface area contributed by atoms with Crippen molar-refractivity contribution in [2.24, 2.45) is 10.7 Å². The monoisotopic (exact) mass is 124 g/mol. The van der Waals surface area contributed by atoms with Gasteiger partial charge in [-0.3, -0.25) is 4.99 Å². The SMILES string of the molecule is C=C(C)/N=C\C=C(\C)N. The molecule has 0 amide bonds. The van der Waals surface area contributed by atoms with Gasteiger partial charge in [0.2, 0.25) is 0 Å². The lowest BCUT2D eigenvalue weighted by Crippen LogP contribution is -1.89. The Balaban J connectivity index is 3.74. The fourth-order valence-corrected chi connectivity index (χ4v) is 0.282. The fourth-order valence-electron chi connectivity index (χ4n) is 0.282. The highest BCUT2D eigenvalue weighted by Gasteiger charge is 1.72. The molecule has 0 aromatic heterocycles. The maximum atomic E-state index is 5.32. The van der Waals surface area contributed by atoms with Crippen molar-refractivity contribution in [3.05, 3.63) is 24.0 Å². The van der Waals surface area contributed by atoms with Gasteiger partial charge >= 0.3 is 0 Å². The van der Waals surface area contributed by atoms with Crippen LogP contribution < -0.4 is 5.73 Å². The van der Waals surface area contributed by atoms with Gasteiger partial charge in [-0.25, -0.2) is 0 Å². The first-order valence-electron chi connectivity index (χ1n) is 2.75. The average molecular weight is 124 g/mol. The van der Waals surface area contributed by atoms with E-state index in [1.54, 1.807) is 12.3 Å². The molecule has 0 fully saturated rings. The number of nitrogens with zero attached hydrogens (tertiary/aromatic N) is 1. The molecule has 0 bridgehead atoms. The third-order valence-electron chi connectivity index (χ3n) is 0.632. The van der Waals surface area contributed by atoms with Crippen LogP contribution in [0.1, 0.15) is 13.8 Å². The standard InChI is InChI=1S/C7H12N2/c1-6(2)9-5-4-7(3)8/h4-5H,1,8H2,2-3H3/b7-4-,9-5-. The molecule has 2 nitrogen and oxygen atoms in total. The third kappa shape index (κ3) is 6.95. The molecule has 0 atom stereocenters. The van der Waals surface area contributed by atoms with Crippen molar-refractivity contribution in [3.63, 3.8) is 0 Å². The van der Waals surface area contributed by atoms with E-state index in [0.29, 0.717) is 0 Å². The Kier molecular flexibility index (Phi) is 3.44. The quantitative estimate of drug-likeness (QED) is 0.556. The van der Waals surface area contributed by atoms with Crippen molar-refractivity contribution >= 4 is 6.21 Å². The predicted molar refractivity (Wildman–Crippen MR) is 41.3 cm³/mol. The Morgan fingerprint density at radius 1 is 1.56 bits per heavy atom. The normalized spacial score (nSPS) is 12.4. The molecule has 0 saturated heterocycles. The van der Waals surface area contributed by atoms with Crippen LogP contribution in [0.5, 0.6) is 0 Å². The van der Waals surface area contributed by atoms with Gasteiger partial charge in [0.25, 0.3) is 0 Å². The van der Waals surface area contributed by atoms with Crippen LogP contribution in [0.25, 0.3) is 0 Å². The summed E-state index contributed by atoms with van der Waals surface area (Å²) >= 11 is 0. The zero-order valence-corrected chi connectivity index (χ0v) is 5.89. The van der Waals surface area contributed by atoms with Gasteiger partial charge in [0.15, 0.2) is 0 Å². The molecule has 9 heavy (non-hydrogen) atoms. The summed E-state index contributed by atoms with van der Waals surface area (Å²) in [5.74, 6) is 0. The molecular weight excluding hydrogens is 112 g/mol. The molecule has 0 unspecified atom stereocenters. The van der Waals surface area contributed by atoms with Crippen LogP contribution in [-0.2, 0) is 0 Å². The first kappa shape index (κ1) is 7.95. The van der Waals surface area contributed by atoms with Crippen LogP contribution >= 0.6 is 0 Å². The van der Waals surface area contributed by atoms with Gasteiger partial charge in [0.05, 0.1) is 0 Å². The molecule has 2 heteroatoms. The maximum absolute atomic E-state index is 5.32. The summed E-state index contributed by atoms with van der Waals surface area (Å²) in [4.78, 5) is 3.89. The van der Waals surface area contributed by atoms with Crippen LogP contribution in [0.2, 0.25) is 0 Å². The number of aliphatic imine (C=N–C) groups is 1. The van der Waals surface area contributed by atoms with E-state index in [9.17, 15) is 0 Å². The van der Waals surface area contributed by atoms with E-state index < -0.39 is 0 Å². The summed E-state index contributed by atoms with van der Waals surface area (Å²) in [6.07, 6.45) is 3.37. The van der Waals surface area contributed by atoms with Crippen molar-refractivity contribution in [2.75, 3.05) is 0 Å². The lowest BCUT2D eigenvalue weighted by Gasteiger charge is -1.83. The lowest BCUT2D eigenvalue weighted by atomic mass is 10.5. The maximum Gasteiger partial charge on any atom is 0.0300 e. The number of hydrogen-bond donors (Lipinski definition) is 1. The Hall–Kier alpha value is -1.05. The van der Waals surface area contributed by atoms with E-state index in [-0.39, 0.29) is 0 Å². The number of rotatable bonds is 2. The first-order valence-corrected chi connectivity index (χ1v) is 2.75. The molecule has 0 spiro atoms. The van der Waals surface area contributed by atoms with Gasteiger partial charge in [0, 0.05) is 17.6 Å². The summed E-state index contributed by atoms with van der Waals surface area (Å²) in [6, 6.07) is 0. The predicted octanol–water partition coefficient (Wildman–Crippen LogP) is 1.45. The number of allylic oxidation sites excluding steroid dienone is 3. The highest BCUT2D eigenvalue weighted by atomic mass is 14.7. The topological polar surface area (TPSA) is 38.4 Å². The van der Waals surface area contributed by atoms with Crippen molar-refractivity contribution in [1.82, 2.24) is 0 Å². The van der Waals surface area contributed by atoms with E-state index in [4.69, 9.17) is 5.73 Å². The molecule has 0 heterocycles. The van der Waals surface area contributed by atoms with Crippen molar-refractivity contribution in [2.45, 2.75) is 13.8 Å². The molecule has 0 aromatic carbocycles. The molecule has 50 valence electrons. The van der Waals surface area contributed by atoms with Crippen LogP contribution in [-0.4, -0.2) is 6.21 Å². The molecule has 2 N–H and O–H groups in total. The number of nitrogens with two attached hydrogens (primary N) is 1. The second kappa shape index (κ2) is 3.89. The van der Waals surface area contributed by atoms with Crippen LogP contribution in [0.4, 0.5) is 0 Å². The van der Waals surface area contributed by atoms with Crippen molar-refractivity contribution < 1.29 is 0 Å².